The molecule has 1 aromatic carbocycles. The van der Waals surface area contributed by atoms with E-state index in [0.717, 1.165) is 51.1 Å². The number of methoxy groups -OCH3 is 2. The molecule has 1 saturated carbocycles. The van der Waals surface area contributed by atoms with E-state index in [1.165, 1.54) is 19.8 Å². The number of hydrogen-bond acceptors (Lipinski definition) is 8. The average molecular weight is 582 g/mol. The number of hydrogen-bond donors (Lipinski definition) is 1. The number of carbonyl (C=O) groups excluding carboxylic acids is 1. The van der Waals surface area contributed by atoms with Crippen LogP contribution in [0.1, 0.15) is 38.2 Å². The molecule has 1 aromatic heterocycles. The van der Waals surface area contributed by atoms with Crippen molar-refractivity contribution in [3.05, 3.63) is 47.3 Å². The number of esters is 1. The van der Waals surface area contributed by atoms with Crippen LogP contribution >= 0.6 is 11.6 Å². The van der Waals surface area contributed by atoms with E-state index in [1.807, 2.05) is 12.1 Å². The number of nitrogens with zero attached hydrogens (tertiary/aromatic N) is 4. The summed E-state index contributed by atoms with van der Waals surface area (Å²) in [6, 6.07) is 5.84. The largest absolute Gasteiger partial charge is 0.494 e. The first-order chi connectivity index (χ1) is 19.0. The number of carbonyl (C=O) groups is 1. The number of halogens is 4. The zero-order valence-corrected chi connectivity index (χ0v) is 23.7. The van der Waals surface area contributed by atoms with Crippen molar-refractivity contribution in [2.75, 3.05) is 50.6 Å². The Hall–Kier alpha value is -3.05. The van der Waals surface area contributed by atoms with Gasteiger partial charge in [-0.05, 0) is 43.2 Å². The summed E-state index contributed by atoms with van der Waals surface area (Å²) in [5.74, 6) is 1.11. The van der Waals surface area contributed by atoms with E-state index in [4.69, 9.17) is 21.1 Å². The minimum absolute atomic E-state index is 0.0680. The predicted molar refractivity (Wildman–Crippen MR) is 148 cm³/mol. The highest BCUT2D eigenvalue weighted by Crippen LogP contribution is 2.43. The maximum Gasteiger partial charge on any atom is 0.420 e. The highest BCUT2D eigenvalue weighted by molar-refractivity contribution is 6.30. The third-order valence-electron chi connectivity index (χ3n) is 7.93. The third kappa shape index (κ3) is 6.63. The van der Waals surface area contributed by atoms with Gasteiger partial charge in [0, 0.05) is 56.6 Å². The van der Waals surface area contributed by atoms with Crippen LogP contribution in [-0.2, 0) is 15.7 Å². The predicted octanol–water partition coefficient (Wildman–Crippen LogP) is 5.95. The molecule has 1 aliphatic heterocycles. The fraction of sp³-hybridized carbons (Fsp3) is 0.536. The molecule has 12 heteroatoms. The number of nitrogens with one attached hydrogen (secondary N) is 1. The van der Waals surface area contributed by atoms with Crippen molar-refractivity contribution in [3.8, 4) is 5.75 Å². The Labute approximate surface area is 237 Å². The Kier molecular flexibility index (Phi) is 9.45. The Morgan fingerprint density at radius 1 is 1.23 bits per heavy atom. The average Bonchev–Trinajstić information content (AvgIpc) is 3.26. The summed E-state index contributed by atoms with van der Waals surface area (Å²) in [7, 11) is 2.95. The van der Waals surface area contributed by atoms with Crippen LogP contribution in [0.25, 0.3) is 0 Å². The molecule has 2 fully saturated rings. The molecule has 1 saturated heterocycles. The van der Waals surface area contributed by atoms with Crippen LogP contribution in [0.4, 0.5) is 30.5 Å². The topological polar surface area (TPSA) is 79.8 Å². The van der Waals surface area contributed by atoms with Gasteiger partial charge in [0.2, 0.25) is 5.95 Å². The van der Waals surface area contributed by atoms with Crippen molar-refractivity contribution in [2.45, 2.75) is 44.8 Å². The summed E-state index contributed by atoms with van der Waals surface area (Å²) in [6.07, 6.45) is -0.659. The summed E-state index contributed by atoms with van der Waals surface area (Å²) in [5, 5.41) is 2.21. The summed E-state index contributed by atoms with van der Waals surface area (Å²) in [4.78, 5) is 24.1. The monoisotopic (exact) mass is 581 g/mol. The van der Waals surface area contributed by atoms with Gasteiger partial charge in [-0.3, -0.25) is 9.69 Å². The summed E-state index contributed by atoms with van der Waals surface area (Å²) in [6.45, 7) is 9.97. The van der Waals surface area contributed by atoms with Crippen LogP contribution in [0, 0.1) is 11.8 Å². The fourth-order valence-corrected chi connectivity index (χ4v) is 6.04. The number of anilines is 3. The molecular weight excluding hydrogens is 547 g/mol. The number of alkyl halides is 3. The van der Waals surface area contributed by atoms with Crippen LogP contribution in [-0.4, -0.2) is 67.3 Å². The van der Waals surface area contributed by atoms with Gasteiger partial charge in [-0.15, -0.1) is 0 Å². The van der Waals surface area contributed by atoms with Crippen molar-refractivity contribution < 1.29 is 27.4 Å². The number of ether oxygens (including phenoxy) is 2. The van der Waals surface area contributed by atoms with Crippen molar-refractivity contribution in [1.29, 1.82) is 0 Å². The van der Waals surface area contributed by atoms with Crippen LogP contribution in [0.15, 0.2) is 36.5 Å². The van der Waals surface area contributed by atoms with Gasteiger partial charge in [0.05, 0.1) is 19.9 Å². The first kappa shape index (κ1) is 29.9. The maximum atomic E-state index is 13.0. The summed E-state index contributed by atoms with van der Waals surface area (Å²) >= 11 is 5.73. The van der Waals surface area contributed by atoms with Gasteiger partial charge in [-0.1, -0.05) is 30.7 Å². The molecule has 0 amide bonds. The van der Waals surface area contributed by atoms with Gasteiger partial charge in [0.25, 0.3) is 0 Å². The van der Waals surface area contributed by atoms with Crippen molar-refractivity contribution in [1.82, 2.24) is 14.9 Å². The molecule has 3 atom stereocenters. The van der Waals surface area contributed by atoms with Gasteiger partial charge in [0.1, 0.15) is 16.5 Å². The second-order valence-electron chi connectivity index (χ2n) is 10.2. The van der Waals surface area contributed by atoms with E-state index < -0.39 is 16.9 Å². The summed E-state index contributed by atoms with van der Waals surface area (Å²) in [5.41, 5.74) is 1.64. The molecular formula is C28H35ClF3N5O3. The number of benzene rings is 1. The zero-order chi connectivity index (χ0) is 29.0. The standard InChI is InChI=1S/C28H35ClF3N5O3/c1-5-18-14-19(6-9-24(38)40-4)25(17(18)2)37-12-10-36(11-13-37)20-7-8-22(23(15-20)39-3)34-27-33-16-21(26(29)35-27)28(30,31)32/h7-8,15-16,18-19,25H,2,5-6,9-14H2,1,3-4H3,(H,33,34,35)/t18?,19?,25-/m0/s1. The molecule has 2 heterocycles. The van der Waals surface area contributed by atoms with Crippen LogP contribution < -0.4 is 15.0 Å². The molecule has 1 aliphatic carbocycles. The quantitative estimate of drug-likeness (QED) is 0.221. The Morgan fingerprint density at radius 3 is 2.55 bits per heavy atom. The molecule has 2 unspecified atom stereocenters. The minimum Gasteiger partial charge on any atom is -0.494 e. The molecule has 4 rings (SSSR count). The molecule has 0 radical (unpaired) electrons. The first-order valence-electron chi connectivity index (χ1n) is 13.3. The Morgan fingerprint density at radius 2 is 1.95 bits per heavy atom. The lowest BCUT2D eigenvalue weighted by Gasteiger charge is -2.41. The Balaban J connectivity index is 1.42. The highest BCUT2D eigenvalue weighted by Gasteiger charge is 2.41. The Bertz CT molecular complexity index is 1220. The highest BCUT2D eigenvalue weighted by atomic mass is 35.5. The normalized spacial score (nSPS) is 21.9. The smallest absolute Gasteiger partial charge is 0.420 e. The van der Waals surface area contributed by atoms with Gasteiger partial charge in [0.15, 0.2) is 0 Å². The van der Waals surface area contributed by atoms with E-state index in [2.05, 4.69) is 38.6 Å². The molecule has 218 valence electrons. The lowest BCUT2D eigenvalue weighted by atomic mass is 9.94. The molecule has 1 N–H and O–H groups in total. The molecule has 2 aliphatic rings. The van der Waals surface area contributed by atoms with Crippen molar-refractivity contribution in [2.24, 2.45) is 11.8 Å². The van der Waals surface area contributed by atoms with Crippen LogP contribution in [0.2, 0.25) is 5.15 Å². The lowest BCUT2D eigenvalue weighted by molar-refractivity contribution is -0.141. The van der Waals surface area contributed by atoms with E-state index in [-0.39, 0.29) is 18.0 Å². The number of piperazine rings is 1. The second kappa shape index (κ2) is 12.6. The molecule has 0 bridgehead atoms. The van der Waals surface area contributed by atoms with E-state index in [9.17, 15) is 18.0 Å². The van der Waals surface area contributed by atoms with E-state index in [0.29, 0.717) is 35.9 Å². The third-order valence-corrected chi connectivity index (χ3v) is 8.22. The summed E-state index contributed by atoms with van der Waals surface area (Å²) < 4.78 is 49.3. The fourth-order valence-electron chi connectivity index (χ4n) is 5.80. The first-order valence-corrected chi connectivity index (χ1v) is 13.7. The SMILES string of the molecule is C=C1C(CC)CC(CCC(=O)OC)[C@H]1N1CCN(c2ccc(Nc3ncc(C(F)(F)F)c(Cl)n3)c(OC)c2)CC1. The molecule has 40 heavy (non-hydrogen) atoms. The van der Waals surface area contributed by atoms with Crippen LogP contribution in [0.5, 0.6) is 5.75 Å². The van der Waals surface area contributed by atoms with Crippen molar-refractivity contribution >= 4 is 34.9 Å². The molecule has 8 nitrogen and oxygen atoms in total. The minimum atomic E-state index is -4.63. The molecule has 0 spiro atoms. The van der Waals surface area contributed by atoms with E-state index >= 15 is 0 Å². The zero-order valence-electron chi connectivity index (χ0n) is 22.9. The number of rotatable bonds is 9. The number of aromatic nitrogens is 2. The van der Waals surface area contributed by atoms with Gasteiger partial charge >= 0.3 is 12.1 Å². The van der Waals surface area contributed by atoms with Gasteiger partial charge < -0.3 is 19.7 Å². The molecule has 2 aromatic rings. The van der Waals surface area contributed by atoms with Crippen molar-refractivity contribution in [3.63, 3.8) is 0 Å². The lowest BCUT2D eigenvalue weighted by Crippen LogP contribution is -2.52. The maximum absolute atomic E-state index is 13.0. The van der Waals surface area contributed by atoms with Gasteiger partial charge in [-0.25, -0.2) is 9.97 Å². The van der Waals surface area contributed by atoms with Crippen LogP contribution in [0.3, 0.4) is 0 Å². The van der Waals surface area contributed by atoms with E-state index in [1.54, 1.807) is 6.07 Å². The van der Waals surface area contributed by atoms with Gasteiger partial charge in [-0.2, -0.15) is 13.2 Å². The second-order valence-corrected chi connectivity index (χ2v) is 10.5.